The van der Waals surface area contributed by atoms with Crippen molar-refractivity contribution < 1.29 is 19.1 Å². The number of nitrogens with one attached hydrogen (secondary N) is 1. The molecule has 5 nitrogen and oxygen atoms in total. The number of unbranched alkanes of at least 4 members (excludes halogenated alkanes) is 1. The third-order valence-corrected chi connectivity index (χ3v) is 2.87. The summed E-state index contributed by atoms with van der Waals surface area (Å²) in [7, 11) is 1.32. The highest BCUT2D eigenvalue weighted by Crippen LogP contribution is 2.15. The van der Waals surface area contributed by atoms with Crippen LogP contribution < -0.4 is 5.32 Å². The third-order valence-electron chi connectivity index (χ3n) is 2.87. The molecular weight excluding hydrogens is 258 g/mol. The average Bonchev–Trinajstić information content (AvgIpc) is 2.32. The van der Waals surface area contributed by atoms with Crippen LogP contribution in [0.15, 0.2) is 0 Å². The Bertz CT molecular complexity index is 309. The highest BCUT2D eigenvalue weighted by molar-refractivity contribution is 5.81. The van der Waals surface area contributed by atoms with Crippen LogP contribution in [0.5, 0.6) is 0 Å². The number of hydrogen-bond donors (Lipinski definition) is 1. The van der Waals surface area contributed by atoms with Gasteiger partial charge < -0.3 is 14.8 Å². The lowest BCUT2D eigenvalue weighted by atomic mass is 9.96. The summed E-state index contributed by atoms with van der Waals surface area (Å²) in [5, 5.41) is 2.60. The van der Waals surface area contributed by atoms with E-state index in [1.54, 1.807) is 20.8 Å². The first-order chi connectivity index (χ1) is 9.19. The van der Waals surface area contributed by atoms with E-state index in [0.29, 0.717) is 12.3 Å². The molecule has 0 aromatic rings. The van der Waals surface area contributed by atoms with Crippen molar-refractivity contribution in [1.82, 2.24) is 5.32 Å². The van der Waals surface area contributed by atoms with Crippen molar-refractivity contribution >= 4 is 12.1 Å². The van der Waals surface area contributed by atoms with Gasteiger partial charge in [0.25, 0.3) is 0 Å². The number of methoxy groups -OCH3 is 1. The Morgan fingerprint density at radius 1 is 1.25 bits per heavy atom. The molecule has 0 aliphatic rings. The minimum absolute atomic E-state index is 0.342. The molecule has 0 bridgehead atoms. The van der Waals surface area contributed by atoms with Gasteiger partial charge >= 0.3 is 12.1 Å². The summed E-state index contributed by atoms with van der Waals surface area (Å²) in [6.45, 7) is 9.54. The molecule has 0 fully saturated rings. The fourth-order valence-electron chi connectivity index (χ4n) is 1.88. The van der Waals surface area contributed by atoms with Gasteiger partial charge in [-0.05, 0) is 33.1 Å². The van der Waals surface area contributed by atoms with Gasteiger partial charge in [0.05, 0.1) is 7.11 Å². The van der Waals surface area contributed by atoms with Crippen molar-refractivity contribution in [3.63, 3.8) is 0 Å². The lowest BCUT2D eigenvalue weighted by Gasteiger charge is -2.24. The summed E-state index contributed by atoms with van der Waals surface area (Å²) in [6, 6.07) is -0.651. The molecule has 20 heavy (non-hydrogen) atoms. The number of carbonyl (C=O) groups excluding carboxylic acids is 2. The molecule has 0 radical (unpaired) electrons. The fourth-order valence-corrected chi connectivity index (χ4v) is 1.88. The van der Waals surface area contributed by atoms with Crippen LogP contribution in [-0.2, 0) is 14.3 Å². The van der Waals surface area contributed by atoms with Crippen LogP contribution >= 0.6 is 0 Å². The SMILES string of the molecule is CCCC[C@H](C)C[C@H](NC(=O)OC(C)(C)C)C(=O)OC. The van der Waals surface area contributed by atoms with Crippen molar-refractivity contribution in [1.29, 1.82) is 0 Å². The lowest BCUT2D eigenvalue weighted by molar-refractivity contribution is -0.143. The van der Waals surface area contributed by atoms with Gasteiger partial charge in [0, 0.05) is 0 Å². The molecule has 2 atom stereocenters. The monoisotopic (exact) mass is 287 g/mol. The first kappa shape index (κ1) is 18.7. The maximum atomic E-state index is 11.7. The number of amides is 1. The molecule has 1 N–H and O–H groups in total. The van der Waals surface area contributed by atoms with E-state index in [-0.39, 0.29) is 0 Å². The van der Waals surface area contributed by atoms with Crippen molar-refractivity contribution in [2.75, 3.05) is 7.11 Å². The van der Waals surface area contributed by atoms with E-state index in [1.807, 2.05) is 0 Å². The van der Waals surface area contributed by atoms with Gasteiger partial charge in [0.2, 0.25) is 0 Å². The number of rotatable bonds is 7. The third kappa shape index (κ3) is 8.77. The first-order valence-electron chi connectivity index (χ1n) is 7.27. The Kier molecular flexibility index (Phi) is 8.26. The molecule has 0 aliphatic heterocycles. The Hall–Kier alpha value is -1.26. The maximum absolute atomic E-state index is 11.7. The van der Waals surface area contributed by atoms with Crippen molar-refractivity contribution in [3.8, 4) is 0 Å². The van der Waals surface area contributed by atoms with E-state index in [1.165, 1.54) is 7.11 Å². The van der Waals surface area contributed by atoms with Crippen molar-refractivity contribution in [3.05, 3.63) is 0 Å². The highest BCUT2D eigenvalue weighted by Gasteiger charge is 2.26. The zero-order valence-electron chi connectivity index (χ0n) is 13.6. The number of hydrogen-bond acceptors (Lipinski definition) is 4. The van der Waals surface area contributed by atoms with Crippen LogP contribution in [0.4, 0.5) is 4.79 Å². The average molecular weight is 287 g/mol. The van der Waals surface area contributed by atoms with Gasteiger partial charge in [0.15, 0.2) is 0 Å². The molecule has 0 rings (SSSR count). The smallest absolute Gasteiger partial charge is 0.408 e. The normalized spacial score (nSPS) is 14.3. The molecule has 0 unspecified atom stereocenters. The number of alkyl carbamates (subject to hydrolysis) is 1. The van der Waals surface area contributed by atoms with Crippen LogP contribution in [0.1, 0.15) is 60.3 Å². The van der Waals surface area contributed by atoms with Crippen LogP contribution in [0.25, 0.3) is 0 Å². The van der Waals surface area contributed by atoms with E-state index in [9.17, 15) is 9.59 Å². The van der Waals surface area contributed by atoms with Gasteiger partial charge in [-0.2, -0.15) is 0 Å². The number of ether oxygens (including phenoxy) is 2. The van der Waals surface area contributed by atoms with Gasteiger partial charge in [-0.1, -0.05) is 33.1 Å². The second-order valence-electron chi connectivity index (χ2n) is 6.21. The molecule has 0 aromatic heterocycles. The van der Waals surface area contributed by atoms with E-state index >= 15 is 0 Å². The molecule has 0 aromatic carbocycles. The molecule has 0 saturated heterocycles. The fraction of sp³-hybridized carbons (Fsp3) is 0.867. The largest absolute Gasteiger partial charge is 0.467 e. The molecule has 118 valence electrons. The summed E-state index contributed by atoms with van der Waals surface area (Å²) >= 11 is 0. The van der Waals surface area contributed by atoms with Gasteiger partial charge in [-0.15, -0.1) is 0 Å². The molecule has 0 aliphatic carbocycles. The highest BCUT2D eigenvalue weighted by atomic mass is 16.6. The minimum Gasteiger partial charge on any atom is -0.467 e. The summed E-state index contributed by atoms with van der Waals surface area (Å²) in [4.78, 5) is 23.5. The zero-order valence-corrected chi connectivity index (χ0v) is 13.6. The standard InChI is InChI=1S/C15H29NO4/c1-7-8-9-11(2)10-12(13(17)19-6)16-14(18)20-15(3,4)5/h11-12H,7-10H2,1-6H3,(H,16,18)/t11-,12-/m0/s1. The molecule has 1 amide bonds. The molecule has 5 heteroatoms. The van der Waals surface area contributed by atoms with Crippen LogP contribution in [-0.4, -0.2) is 30.8 Å². The lowest BCUT2D eigenvalue weighted by Crippen LogP contribution is -2.44. The van der Waals surface area contributed by atoms with Crippen LogP contribution in [0, 0.1) is 5.92 Å². The first-order valence-corrected chi connectivity index (χ1v) is 7.27. The molecule has 0 heterocycles. The van der Waals surface area contributed by atoms with Crippen molar-refractivity contribution in [2.24, 2.45) is 5.92 Å². The van der Waals surface area contributed by atoms with Gasteiger partial charge in [0.1, 0.15) is 11.6 Å². The van der Waals surface area contributed by atoms with Crippen molar-refractivity contribution in [2.45, 2.75) is 71.9 Å². The summed E-state index contributed by atoms with van der Waals surface area (Å²) in [6.07, 6.45) is 3.23. The summed E-state index contributed by atoms with van der Waals surface area (Å²) in [5.74, 6) is -0.0896. The number of carbonyl (C=O) groups is 2. The molecular formula is C15H29NO4. The van der Waals surface area contributed by atoms with E-state index < -0.39 is 23.7 Å². The second-order valence-corrected chi connectivity index (χ2v) is 6.21. The molecule has 0 spiro atoms. The van der Waals surface area contributed by atoms with Gasteiger partial charge in [-0.3, -0.25) is 0 Å². The Labute approximate surface area is 122 Å². The topological polar surface area (TPSA) is 64.6 Å². The molecule has 0 saturated carbocycles. The van der Waals surface area contributed by atoms with E-state index in [2.05, 4.69) is 19.2 Å². The Morgan fingerprint density at radius 2 is 1.85 bits per heavy atom. The van der Waals surface area contributed by atoms with E-state index in [0.717, 1.165) is 19.3 Å². The van der Waals surface area contributed by atoms with Crippen LogP contribution in [0.3, 0.4) is 0 Å². The summed E-state index contributed by atoms with van der Waals surface area (Å²) in [5.41, 5.74) is -0.585. The number of esters is 1. The van der Waals surface area contributed by atoms with Gasteiger partial charge in [-0.25, -0.2) is 9.59 Å². The Morgan fingerprint density at radius 3 is 2.30 bits per heavy atom. The zero-order chi connectivity index (χ0) is 15.8. The predicted molar refractivity (Wildman–Crippen MR) is 78.5 cm³/mol. The second kappa shape index (κ2) is 8.82. The quantitative estimate of drug-likeness (QED) is 0.730. The summed E-state index contributed by atoms with van der Waals surface area (Å²) < 4.78 is 9.91. The maximum Gasteiger partial charge on any atom is 0.408 e. The predicted octanol–water partition coefficient (Wildman–Crippen LogP) is 3.27. The van der Waals surface area contributed by atoms with E-state index in [4.69, 9.17) is 9.47 Å². The Balaban J connectivity index is 4.49. The minimum atomic E-state index is -0.651. The van der Waals surface area contributed by atoms with Crippen LogP contribution in [0.2, 0.25) is 0 Å².